The van der Waals surface area contributed by atoms with Crippen molar-refractivity contribution in [2.75, 3.05) is 39.3 Å². The smallest absolute Gasteiger partial charge is 0.335 e. The molecule has 1 unspecified atom stereocenters. The molecule has 2 atom stereocenters. The van der Waals surface area contributed by atoms with Gasteiger partial charge in [0.05, 0.1) is 16.9 Å². The van der Waals surface area contributed by atoms with E-state index >= 15 is 0 Å². The molecule has 0 spiro atoms. The van der Waals surface area contributed by atoms with Crippen LogP contribution in [0.1, 0.15) is 81.8 Å². The zero-order valence-electron chi connectivity index (χ0n) is 29.0. The molecule has 8 nitrogen and oxygen atoms in total. The highest BCUT2D eigenvalue weighted by molar-refractivity contribution is 5.92. The molecule has 6 rings (SSSR count). The van der Waals surface area contributed by atoms with Crippen LogP contribution >= 0.6 is 0 Å². The second-order valence-electron chi connectivity index (χ2n) is 15.6. The van der Waals surface area contributed by atoms with Crippen LogP contribution in [-0.4, -0.2) is 82.8 Å². The van der Waals surface area contributed by atoms with Gasteiger partial charge in [-0.3, -0.25) is 14.4 Å². The lowest BCUT2D eigenvalue weighted by atomic mass is 9.58. The Bertz CT molecular complexity index is 1650. The lowest BCUT2D eigenvalue weighted by molar-refractivity contribution is -0.145. The van der Waals surface area contributed by atoms with Gasteiger partial charge in [-0.05, 0) is 54.0 Å². The van der Waals surface area contributed by atoms with E-state index in [4.69, 9.17) is 0 Å². The molecule has 2 aromatic rings. The Morgan fingerprint density at radius 1 is 0.917 bits per heavy atom. The predicted octanol–water partition coefficient (Wildman–Crippen LogP) is 6.04. The fraction of sp³-hybridized carbons (Fsp3) is 0.500. The molecule has 0 bridgehead atoms. The Morgan fingerprint density at radius 2 is 1.58 bits per heavy atom. The Hall–Kier alpha value is -4.20. The summed E-state index contributed by atoms with van der Waals surface area (Å²) in [6, 6.07) is 17.2. The number of carboxylic acids is 1. The molecule has 0 aromatic heterocycles. The van der Waals surface area contributed by atoms with Gasteiger partial charge in [-0.1, -0.05) is 94.8 Å². The normalized spacial score (nSPS) is 25.0. The molecule has 3 aliphatic heterocycles. The third-order valence-electron chi connectivity index (χ3n) is 11.4. The number of piperidine rings is 1. The van der Waals surface area contributed by atoms with E-state index in [2.05, 4.69) is 58.9 Å². The highest BCUT2D eigenvalue weighted by atomic mass is 16.4. The standard InChI is InChI=1S/C40H49N3O5/c1-27(2)24-43-25-30(23-34(43)44)35(45)41-21-18-40(19-22-41,31-9-7-6-8-10-31)37(48)42-20-16-33-38(3,4)32(15-17-39(33,5)26-42)28-11-13-29(14-12-28)36(46)47/h6-16,27,30H,17-26H2,1-5H3,(H,46,47)/t30?,39-/m1/s1. The Balaban J connectivity index is 1.21. The zero-order valence-corrected chi connectivity index (χ0v) is 29.0. The van der Waals surface area contributed by atoms with Gasteiger partial charge < -0.3 is 19.8 Å². The second kappa shape index (κ2) is 12.7. The third kappa shape index (κ3) is 5.99. The first kappa shape index (κ1) is 33.7. The van der Waals surface area contributed by atoms with Gasteiger partial charge in [0.15, 0.2) is 0 Å². The molecule has 0 saturated carbocycles. The van der Waals surface area contributed by atoms with Crippen molar-refractivity contribution in [3.05, 3.63) is 89.0 Å². The van der Waals surface area contributed by atoms with Crippen LogP contribution in [0, 0.1) is 22.7 Å². The topological polar surface area (TPSA) is 98.2 Å². The Labute approximate surface area is 284 Å². The van der Waals surface area contributed by atoms with Gasteiger partial charge >= 0.3 is 5.97 Å². The number of rotatable bonds is 7. The summed E-state index contributed by atoms with van der Waals surface area (Å²) in [5.74, 6) is -0.684. The highest BCUT2D eigenvalue weighted by Gasteiger charge is 2.51. The van der Waals surface area contributed by atoms with Crippen molar-refractivity contribution in [1.29, 1.82) is 0 Å². The van der Waals surface area contributed by atoms with Crippen molar-refractivity contribution in [2.24, 2.45) is 22.7 Å². The van der Waals surface area contributed by atoms with Gasteiger partial charge in [0.1, 0.15) is 0 Å². The summed E-state index contributed by atoms with van der Waals surface area (Å²) in [6.45, 7) is 14.1. The Morgan fingerprint density at radius 3 is 2.21 bits per heavy atom. The monoisotopic (exact) mass is 651 g/mol. The van der Waals surface area contributed by atoms with Gasteiger partial charge in [0.25, 0.3) is 0 Å². The molecule has 2 fully saturated rings. The second-order valence-corrected chi connectivity index (χ2v) is 15.6. The molecular formula is C40H49N3O5. The number of carbonyl (C=O) groups excluding carboxylic acids is 3. The van der Waals surface area contributed by atoms with Crippen LogP contribution in [0.4, 0.5) is 0 Å². The molecule has 3 amide bonds. The fourth-order valence-corrected chi connectivity index (χ4v) is 8.96. The van der Waals surface area contributed by atoms with Crippen LogP contribution in [0.15, 0.2) is 72.3 Å². The number of carboxylic acid groups (broad SMARTS) is 1. The average molecular weight is 652 g/mol. The molecular weight excluding hydrogens is 602 g/mol. The molecule has 8 heteroatoms. The maximum absolute atomic E-state index is 14.8. The summed E-state index contributed by atoms with van der Waals surface area (Å²) in [6.07, 6.45) is 6.65. The van der Waals surface area contributed by atoms with Gasteiger partial charge in [-0.2, -0.15) is 0 Å². The van der Waals surface area contributed by atoms with Gasteiger partial charge in [-0.25, -0.2) is 4.79 Å². The van der Waals surface area contributed by atoms with Crippen molar-refractivity contribution >= 4 is 29.3 Å². The molecule has 0 radical (unpaired) electrons. The summed E-state index contributed by atoms with van der Waals surface area (Å²) in [4.78, 5) is 58.3. The average Bonchev–Trinajstić information content (AvgIpc) is 3.43. The van der Waals surface area contributed by atoms with E-state index in [-0.39, 0.29) is 46.5 Å². The molecule has 4 aliphatic rings. The number of nitrogens with zero attached hydrogens (tertiary/aromatic N) is 3. The lowest BCUT2D eigenvalue weighted by Gasteiger charge is -2.52. The Kier molecular flexibility index (Phi) is 8.90. The first-order valence-corrected chi connectivity index (χ1v) is 17.4. The van der Waals surface area contributed by atoms with E-state index in [1.54, 1.807) is 12.1 Å². The van der Waals surface area contributed by atoms with E-state index in [1.165, 1.54) is 11.1 Å². The van der Waals surface area contributed by atoms with Crippen LogP contribution in [0.5, 0.6) is 0 Å². The number of hydrogen-bond donors (Lipinski definition) is 1. The molecule has 2 aromatic carbocycles. The molecule has 1 aliphatic carbocycles. The minimum atomic E-state index is -0.935. The van der Waals surface area contributed by atoms with Gasteiger partial charge in [0.2, 0.25) is 17.7 Å². The quantitative estimate of drug-likeness (QED) is 0.369. The number of hydrogen-bond acceptors (Lipinski definition) is 4. The predicted molar refractivity (Wildman–Crippen MR) is 186 cm³/mol. The van der Waals surface area contributed by atoms with Crippen LogP contribution in [0.3, 0.4) is 0 Å². The van der Waals surface area contributed by atoms with E-state index < -0.39 is 11.4 Å². The number of amides is 3. The highest BCUT2D eigenvalue weighted by Crippen LogP contribution is 2.55. The number of aromatic carboxylic acids is 1. The summed E-state index contributed by atoms with van der Waals surface area (Å²) >= 11 is 0. The van der Waals surface area contributed by atoms with Gasteiger partial charge in [-0.15, -0.1) is 0 Å². The van der Waals surface area contributed by atoms with Crippen molar-refractivity contribution in [3.8, 4) is 0 Å². The summed E-state index contributed by atoms with van der Waals surface area (Å²) in [5, 5.41) is 9.37. The number of fused-ring (bicyclic) bond motifs is 1. The number of carbonyl (C=O) groups is 4. The van der Waals surface area contributed by atoms with E-state index in [9.17, 15) is 24.3 Å². The molecule has 48 heavy (non-hydrogen) atoms. The summed E-state index contributed by atoms with van der Waals surface area (Å²) in [7, 11) is 0. The van der Waals surface area contributed by atoms with Crippen LogP contribution in [0.25, 0.3) is 5.57 Å². The van der Waals surface area contributed by atoms with Crippen molar-refractivity contribution in [2.45, 2.75) is 65.7 Å². The zero-order chi connectivity index (χ0) is 34.4. The molecule has 3 heterocycles. The largest absolute Gasteiger partial charge is 0.478 e. The van der Waals surface area contributed by atoms with Gasteiger partial charge in [0, 0.05) is 56.5 Å². The van der Waals surface area contributed by atoms with Crippen molar-refractivity contribution in [3.63, 3.8) is 0 Å². The van der Waals surface area contributed by atoms with Crippen LogP contribution < -0.4 is 0 Å². The minimum absolute atomic E-state index is 0.0337. The number of likely N-dealkylation sites (tertiary alicyclic amines) is 2. The van der Waals surface area contributed by atoms with Crippen LogP contribution in [0.2, 0.25) is 0 Å². The molecule has 254 valence electrons. The maximum Gasteiger partial charge on any atom is 0.335 e. The number of benzene rings is 2. The van der Waals surface area contributed by atoms with E-state index in [1.807, 2.05) is 45.0 Å². The van der Waals surface area contributed by atoms with Crippen molar-refractivity contribution in [1.82, 2.24) is 14.7 Å². The van der Waals surface area contributed by atoms with Crippen molar-refractivity contribution < 1.29 is 24.3 Å². The fourth-order valence-electron chi connectivity index (χ4n) is 8.96. The third-order valence-corrected chi connectivity index (χ3v) is 11.4. The van der Waals surface area contributed by atoms with Crippen LogP contribution in [-0.2, 0) is 19.8 Å². The maximum atomic E-state index is 14.8. The summed E-state index contributed by atoms with van der Waals surface area (Å²) < 4.78 is 0. The van der Waals surface area contributed by atoms with E-state index in [0.29, 0.717) is 58.0 Å². The van der Waals surface area contributed by atoms with E-state index in [0.717, 1.165) is 17.5 Å². The molecule has 2 saturated heterocycles. The summed E-state index contributed by atoms with van der Waals surface area (Å²) in [5.41, 5.74) is 3.51. The number of allylic oxidation sites excluding steroid dienone is 2. The first-order valence-electron chi connectivity index (χ1n) is 17.4. The SMILES string of the molecule is CC(C)CN1CC(C(=O)N2CCC(C(=O)N3CC=C4C(C)(C)C(c5ccc(C(=O)O)cc5)=CC[C@]4(C)C3)(c3ccccc3)CC2)CC1=O. The molecule has 1 N–H and O–H groups in total. The minimum Gasteiger partial charge on any atom is -0.478 e. The lowest BCUT2D eigenvalue weighted by Crippen LogP contribution is -2.57. The first-order chi connectivity index (χ1) is 22.7.